The Morgan fingerprint density at radius 2 is 1.48 bits per heavy atom. The largest absolute Gasteiger partial charge is 0.375 e. The first kappa shape index (κ1) is 15.7. The van der Waals surface area contributed by atoms with Gasteiger partial charge in [0.05, 0.1) is 13.2 Å². The lowest BCUT2D eigenvalue weighted by molar-refractivity contribution is 0.0535. The van der Waals surface area contributed by atoms with Gasteiger partial charge in [-0.25, -0.2) is 0 Å². The molecule has 2 aromatic rings. The zero-order chi connectivity index (χ0) is 15.1. The predicted octanol–water partition coefficient (Wildman–Crippen LogP) is 4.28. The van der Waals surface area contributed by atoms with Crippen LogP contribution in [0.3, 0.4) is 0 Å². The Bertz CT molecular complexity index is 512. The van der Waals surface area contributed by atoms with Crippen LogP contribution in [0.4, 0.5) is 0 Å². The highest BCUT2D eigenvalue weighted by Gasteiger charge is 2.17. The van der Waals surface area contributed by atoms with E-state index in [1.165, 1.54) is 11.1 Å². The first-order valence-electron chi connectivity index (χ1n) is 7.57. The van der Waals surface area contributed by atoms with Crippen LogP contribution in [0.15, 0.2) is 60.7 Å². The highest BCUT2D eigenvalue weighted by atomic mass is 16.5. The molecule has 0 amide bonds. The molecule has 0 fully saturated rings. The standard InChI is InChI=1S/C19H25NO/c1-16(14-21-15-18-10-6-4-7-11-18)20(3)17(2)19-12-8-5-9-13-19/h4-13,16-17H,14-15H2,1-3H3/t16-,17-/m1/s1. The lowest BCUT2D eigenvalue weighted by Crippen LogP contribution is -2.35. The van der Waals surface area contributed by atoms with E-state index >= 15 is 0 Å². The molecule has 2 heteroatoms. The van der Waals surface area contributed by atoms with Crippen molar-refractivity contribution in [3.05, 3.63) is 71.8 Å². The fourth-order valence-corrected chi connectivity index (χ4v) is 2.39. The van der Waals surface area contributed by atoms with Gasteiger partial charge in [0.1, 0.15) is 0 Å². The second-order valence-corrected chi connectivity index (χ2v) is 5.60. The third kappa shape index (κ3) is 4.69. The number of rotatable bonds is 7. The van der Waals surface area contributed by atoms with E-state index in [0.717, 1.165) is 6.61 Å². The molecule has 0 radical (unpaired) electrons. The van der Waals surface area contributed by atoms with Gasteiger partial charge in [0.15, 0.2) is 0 Å². The third-order valence-corrected chi connectivity index (χ3v) is 4.06. The molecule has 0 aliphatic carbocycles. The molecule has 0 unspecified atom stereocenters. The van der Waals surface area contributed by atoms with E-state index in [9.17, 15) is 0 Å². The van der Waals surface area contributed by atoms with E-state index in [1.807, 2.05) is 18.2 Å². The average molecular weight is 283 g/mol. The van der Waals surface area contributed by atoms with Gasteiger partial charge in [0.25, 0.3) is 0 Å². The summed E-state index contributed by atoms with van der Waals surface area (Å²) in [6.07, 6.45) is 0. The van der Waals surface area contributed by atoms with Crippen molar-refractivity contribution in [2.75, 3.05) is 13.7 Å². The maximum absolute atomic E-state index is 5.85. The van der Waals surface area contributed by atoms with Gasteiger partial charge < -0.3 is 4.74 Å². The number of nitrogens with zero attached hydrogens (tertiary/aromatic N) is 1. The molecule has 0 aliphatic heterocycles. The van der Waals surface area contributed by atoms with Gasteiger partial charge >= 0.3 is 0 Å². The summed E-state index contributed by atoms with van der Waals surface area (Å²) in [5.74, 6) is 0. The molecule has 0 N–H and O–H groups in total. The summed E-state index contributed by atoms with van der Waals surface area (Å²) in [7, 11) is 2.16. The Labute approximate surface area is 128 Å². The molecule has 0 bridgehead atoms. The topological polar surface area (TPSA) is 12.5 Å². The van der Waals surface area contributed by atoms with E-state index in [0.29, 0.717) is 18.7 Å². The van der Waals surface area contributed by atoms with E-state index in [-0.39, 0.29) is 0 Å². The second kappa shape index (κ2) is 7.96. The van der Waals surface area contributed by atoms with Crippen LogP contribution in [0.1, 0.15) is 31.0 Å². The average Bonchev–Trinajstić information content (AvgIpc) is 2.55. The van der Waals surface area contributed by atoms with E-state index in [2.05, 4.69) is 68.3 Å². The van der Waals surface area contributed by atoms with Crippen LogP contribution in [0, 0.1) is 0 Å². The SMILES string of the molecule is C[C@H](COCc1ccccc1)N(C)[C@H](C)c1ccccc1. The number of benzene rings is 2. The summed E-state index contributed by atoms with van der Waals surface area (Å²) in [5.41, 5.74) is 2.57. The smallest absolute Gasteiger partial charge is 0.0717 e. The van der Waals surface area contributed by atoms with Crippen molar-refractivity contribution in [1.29, 1.82) is 0 Å². The molecule has 2 aromatic carbocycles. The Balaban J connectivity index is 1.81. The van der Waals surface area contributed by atoms with Crippen molar-refractivity contribution in [3.63, 3.8) is 0 Å². The normalized spacial score (nSPS) is 14.1. The van der Waals surface area contributed by atoms with Crippen LogP contribution >= 0.6 is 0 Å². The Morgan fingerprint density at radius 3 is 2.10 bits per heavy atom. The van der Waals surface area contributed by atoms with Gasteiger partial charge in [-0.3, -0.25) is 4.90 Å². The monoisotopic (exact) mass is 283 g/mol. The first-order valence-corrected chi connectivity index (χ1v) is 7.57. The maximum atomic E-state index is 5.85. The number of hydrogen-bond acceptors (Lipinski definition) is 2. The maximum Gasteiger partial charge on any atom is 0.0717 e. The van der Waals surface area contributed by atoms with Gasteiger partial charge in [-0.05, 0) is 32.0 Å². The van der Waals surface area contributed by atoms with Crippen LogP contribution in [0.5, 0.6) is 0 Å². The molecule has 0 aliphatic rings. The summed E-state index contributed by atoms with van der Waals surface area (Å²) in [6, 6.07) is 21.7. The predicted molar refractivity (Wildman–Crippen MR) is 88.2 cm³/mol. The second-order valence-electron chi connectivity index (χ2n) is 5.60. The molecular weight excluding hydrogens is 258 g/mol. The molecule has 2 rings (SSSR count). The molecular formula is C19H25NO. The van der Waals surface area contributed by atoms with E-state index < -0.39 is 0 Å². The highest BCUT2D eigenvalue weighted by Crippen LogP contribution is 2.20. The van der Waals surface area contributed by atoms with Crippen molar-refractivity contribution in [3.8, 4) is 0 Å². The number of ether oxygens (including phenoxy) is 1. The number of hydrogen-bond donors (Lipinski definition) is 0. The minimum atomic E-state index is 0.379. The zero-order valence-corrected chi connectivity index (χ0v) is 13.2. The summed E-state index contributed by atoms with van der Waals surface area (Å²) < 4.78 is 5.85. The Hall–Kier alpha value is -1.64. The van der Waals surface area contributed by atoms with Crippen LogP contribution in [-0.4, -0.2) is 24.6 Å². The highest BCUT2D eigenvalue weighted by molar-refractivity contribution is 5.18. The van der Waals surface area contributed by atoms with Gasteiger partial charge in [0.2, 0.25) is 0 Å². The van der Waals surface area contributed by atoms with Gasteiger partial charge in [-0.15, -0.1) is 0 Å². The quantitative estimate of drug-likeness (QED) is 0.752. The lowest BCUT2D eigenvalue weighted by atomic mass is 10.1. The van der Waals surface area contributed by atoms with Gasteiger partial charge in [-0.1, -0.05) is 60.7 Å². The molecule has 112 valence electrons. The fourth-order valence-electron chi connectivity index (χ4n) is 2.39. The lowest BCUT2D eigenvalue weighted by Gasteiger charge is -2.31. The van der Waals surface area contributed by atoms with Crippen LogP contribution in [0.25, 0.3) is 0 Å². The molecule has 0 saturated carbocycles. The van der Waals surface area contributed by atoms with Crippen LogP contribution in [-0.2, 0) is 11.3 Å². The molecule has 2 nitrogen and oxygen atoms in total. The molecule has 0 spiro atoms. The van der Waals surface area contributed by atoms with Crippen LogP contribution < -0.4 is 0 Å². The number of likely N-dealkylation sites (N-methyl/N-ethyl adjacent to an activating group) is 1. The minimum Gasteiger partial charge on any atom is -0.375 e. The van der Waals surface area contributed by atoms with Crippen molar-refractivity contribution in [2.24, 2.45) is 0 Å². The summed E-state index contributed by atoms with van der Waals surface area (Å²) in [4.78, 5) is 2.36. The summed E-state index contributed by atoms with van der Waals surface area (Å²) in [5, 5.41) is 0. The Morgan fingerprint density at radius 1 is 0.905 bits per heavy atom. The van der Waals surface area contributed by atoms with Crippen molar-refractivity contribution in [2.45, 2.75) is 32.5 Å². The molecule has 0 heterocycles. The molecule has 0 aromatic heterocycles. The molecule has 21 heavy (non-hydrogen) atoms. The minimum absolute atomic E-state index is 0.379. The summed E-state index contributed by atoms with van der Waals surface area (Å²) >= 11 is 0. The van der Waals surface area contributed by atoms with Crippen molar-refractivity contribution >= 4 is 0 Å². The molecule has 0 saturated heterocycles. The first-order chi connectivity index (χ1) is 10.2. The van der Waals surface area contributed by atoms with E-state index in [4.69, 9.17) is 4.74 Å². The zero-order valence-electron chi connectivity index (χ0n) is 13.2. The van der Waals surface area contributed by atoms with Gasteiger partial charge in [-0.2, -0.15) is 0 Å². The molecule has 2 atom stereocenters. The Kier molecular flexibility index (Phi) is 5.97. The summed E-state index contributed by atoms with van der Waals surface area (Å²) in [6.45, 7) is 5.87. The van der Waals surface area contributed by atoms with Crippen molar-refractivity contribution < 1.29 is 4.74 Å². The van der Waals surface area contributed by atoms with Gasteiger partial charge in [0, 0.05) is 12.1 Å². The third-order valence-electron chi connectivity index (χ3n) is 4.06. The van der Waals surface area contributed by atoms with E-state index in [1.54, 1.807) is 0 Å². The van der Waals surface area contributed by atoms with Crippen LogP contribution in [0.2, 0.25) is 0 Å². The fraction of sp³-hybridized carbons (Fsp3) is 0.368. The van der Waals surface area contributed by atoms with Crippen molar-refractivity contribution in [1.82, 2.24) is 4.90 Å².